The molecule has 2 aromatic carbocycles. The van der Waals surface area contributed by atoms with Gasteiger partial charge in [0.15, 0.2) is 0 Å². The number of esters is 1. The Balaban J connectivity index is 1.66. The second kappa shape index (κ2) is 8.05. The number of hydrogen-bond acceptors (Lipinski definition) is 4. The Bertz CT molecular complexity index is 857. The Labute approximate surface area is 166 Å². The lowest BCUT2D eigenvalue weighted by Crippen LogP contribution is -2.27. The van der Waals surface area contributed by atoms with Gasteiger partial charge < -0.3 is 14.4 Å². The van der Waals surface area contributed by atoms with Gasteiger partial charge in [0.05, 0.1) is 13.0 Å². The summed E-state index contributed by atoms with van der Waals surface area (Å²) in [4.78, 5) is 26.6. The Hall–Kier alpha value is -2.82. The number of nitrogens with zero attached hydrogens (tertiary/aromatic N) is 1. The molecule has 0 unspecified atom stereocenters. The Morgan fingerprint density at radius 3 is 2.50 bits per heavy atom. The fourth-order valence-electron chi connectivity index (χ4n) is 3.27. The number of hydrogen-bond donors (Lipinski definition) is 0. The predicted molar refractivity (Wildman–Crippen MR) is 109 cm³/mol. The molecule has 1 heterocycles. The first-order valence-electron chi connectivity index (χ1n) is 9.60. The Morgan fingerprint density at radius 1 is 1.14 bits per heavy atom. The summed E-state index contributed by atoms with van der Waals surface area (Å²) in [6, 6.07) is 14.9. The third-order valence-corrected chi connectivity index (χ3v) is 5.56. The van der Waals surface area contributed by atoms with E-state index >= 15 is 0 Å². The van der Waals surface area contributed by atoms with Crippen LogP contribution in [0.25, 0.3) is 0 Å². The van der Waals surface area contributed by atoms with Crippen molar-refractivity contribution in [2.75, 3.05) is 18.6 Å². The molecule has 2 aromatic rings. The quantitative estimate of drug-likeness (QED) is 0.552. The van der Waals surface area contributed by atoms with E-state index in [4.69, 9.17) is 9.47 Å². The largest absolute Gasteiger partial charge is 0.497 e. The molecule has 1 atom stereocenters. The lowest BCUT2D eigenvalue weighted by Gasteiger charge is -2.23. The number of rotatable bonds is 6. The zero-order chi connectivity index (χ0) is 20.3. The standard InChI is InChI=1S/C23H27NO4/c1-5-23(2,3)17-9-11-19(12-10-17)28-22(26)16-13-21(25)24(15-16)18-7-6-8-20(14-18)27-4/h6-12,14,16H,5,13,15H2,1-4H3/t16-/m1/s1. The summed E-state index contributed by atoms with van der Waals surface area (Å²) in [5.41, 5.74) is 2.01. The van der Waals surface area contributed by atoms with E-state index in [2.05, 4.69) is 20.8 Å². The van der Waals surface area contributed by atoms with Crippen molar-refractivity contribution in [2.24, 2.45) is 5.92 Å². The first-order chi connectivity index (χ1) is 13.3. The zero-order valence-electron chi connectivity index (χ0n) is 16.9. The number of benzene rings is 2. The summed E-state index contributed by atoms with van der Waals surface area (Å²) in [7, 11) is 1.58. The summed E-state index contributed by atoms with van der Waals surface area (Å²) in [6.07, 6.45) is 1.17. The first kappa shape index (κ1) is 19.9. The summed E-state index contributed by atoms with van der Waals surface area (Å²) in [5, 5.41) is 0. The van der Waals surface area contributed by atoms with Gasteiger partial charge in [-0.25, -0.2) is 0 Å². The molecule has 0 saturated carbocycles. The van der Waals surface area contributed by atoms with Crippen LogP contribution < -0.4 is 14.4 Å². The third-order valence-electron chi connectivity index (χ3n) is 5.56. The molecule has 0 radical (unpaired) electrons. The van der Waals surface area contributed by atoms with E-state index in [1.165, 1.54) is 5.56 Å². The van der Waals surface area contributed by atoms with Gasteiger partial charge in [-0.3, -0.25) is 9.59 Å². The van der Waals surface area contributed by atoms with Gasteiger partial charge in [0.25, 0.3) is 0 Å². The van der Waals surface area contributed by atoms with Gasteiger partial charge in [0, 0.05) is 24.7 Å². The van der Waals surface area contributed by atoms with E-state index < -0.39 is 5.92 Å². The molecule has 1 amide bonds. The van der Waals surface area contributed by atoms with Crippen LogP contribution in [0.2, 0.25) is 0 Å². The predicted octanol–water partition coefficient (Wildman–Crippen LogP) is 4.34. The van der Waals surface area contributed by atoms with Gasteiger partial charge in [0.1, 0.15) is 11.5 Å². The van der Waals surface area contributed by atoms with Crippen LogP contribution >= 0.6 is 0 Å². The van der Waals surface area contributed by atoms with Crippen molar-refractivity contribution < 1.29 is 19.1 Å². The Kier molecular flexibility index (Phi) is 5.73. The molecule has 0 bridgehead atoms. The van der Waals surface area contributed by atoms with Crippen molar-refractivity contribution in [2.45, 2.75) is 39.0 Å². The van der Waals surface area contributed by atoms with E-state index in [1.54, 1.807) is 18.1 Å². The van der Waals surface area contributed by atoms with Gasteiger partial charge in [-0.2, -0.15) is 0 Å². The maximum Gasteiger partial charge on any atom is 0.316 e. The van der Waals surface area contributed by atoms with Gasteiger partial charge >= 0.3 is 5.97 Å². The summed E-state index contributed by atoms with van der Waals surface area (Å²) in [5.74, 6) is 0.237. The van der Waals surface area contributed by atoms with Crippen LogP contribution in [-0.4, -0.2) is 25.5 Å². The summed E-state index contributed by atoms with van der Waals surface area (Å²) >= 11 is 0. The second-order valence-corrected chi connectivity index (χ2v) is 7.79. The number of carbonyl (C=O) groups is 2. The van der Waals surface area contributed by atoms with Crippen molar-refractivity contribution in [1.29, 1.82) is 0 Å². The molecular weight excluding hydrogens is 354 g/mol. The van der Waals surface area contributed by atoms with Crippen LogP contribution in [0.3, 0.4) is 0 Å². The van der Waals surface area contributed by atoms with Gasteiger partial charge in [-0.1, -0.05) is 39.0 Å². The van der Waals surface area contributed by atoms with Crippen molar-refractivity contribution in [3.63, 3.8) is 0 Å². The van der Waals surface area contributed by atoms with Crippen LogP contribution in [0.5, 0.6) is 11.5 Å². The van der Waals surface area contributed by atoms with Crippen LogP contribution in [0.1, 0.15) is 39.2 Å². The van der Waals surface area contributed by atoms with E-state index in [0.29, 0.717) is 18.0 Å². The fraction of sp³-hybridized carbons (Fsp3) is 0.391. The molecule has 5 nitrogen and oxygen atoms in total. The molecule has 0 N–H and O–H groups in total. The van der Waals surface area contributed by atoms with Gasteiger partial charge in [-0.15, -0.1) is 0 Å². The van der Waals surface area contributed by atoms with Crippen molar-refractivity contribution in [1.82, 2.24) is 0 Å². The highest BCUT2D eigenvalue weighted by Gasteiger charge is 2.36. The van der Waals surface area contributed by atoms with Gasteiger partial charge in [0.2, 0.25) is 5.91 Å². The molecule has 1 aliphatic heterocycles. The van der Waals surface area contributed by atoms with Crippen LogP contribution in [-0.2, 0) is 15.0 Å². The highest BCUT2D eigenvalue weighted by molar-refractivity contribution is 5.99. The summed E-state index contributed by atoms with van der Waals surface area (Å²) < 4.78 is 10.7. The normalized spacial score (nSPS) is 16.9. The minimum Gasteiger partial charge on any atom is -0.497 e. The molecule has 148 valence electrons. The lowest BCUT2D eigenvalue weighted by molar-refractivity contribution is -0.139. The smallest absolute Gasteiger partial charge is 0.316 e. The minimum atomic E-state index is -0.481. The molecular formula is C23H27NO4. The van der Waals surface area contributed by atoms with E-state index in [1.807, 2.05) is 42.5 Å². The van der Waals surface area contributed by atoms with Crippen molar-refractivity contribution in [3.8, 4) is 11.5 Å². The highest BCUT2D eigenvalue weighted by Crippen LogP contribution is 2.30. The molecule has 28 heavy (non-hydrogen) atoms. The molecule has 1 fully saturated rings. The molecule has 1 aliphatic rings. The van der Waals surface area contributed by atoms with Crippen LogP contribution in [0.15, 0.2) is 48.5 Å². The van der Waals surface area contributed by atoms with E-state index in [0.717, 1.165) is 12.1 Å². The summed E-state index contributed by atoms with van der Waals surface area (Å²) in [6.45, 7) is 6.83. The van der Waals surface area contributed by atoms with E-state index in [9.17, 15) is 9.59 Å². The zero-order valence-corrected chi connectivity index (χ0v) is 16.9. The van der Waals surface area contributed by atoms with Crippen molar-refractivity contribution in [3.05, 3.63) is 54.1 Å². The molecule has 1 saturated heterocycles. The molecule has 0 aromatic heterocycles. The number of ether oxygens (including phenoxy) is 2. The number of carbonyl (C=O) groups excluding carboxylic acids is 2. The topological polar surface area (TPSA) is 55.8 Å². The van der Waals surface area contributed by atoms with E-state index in [-0.39, 0.29) is 23.7 Å². The van der Waals surface area contributed by atoms with Crippen molar-refractivity contribution >= 4 is 17.6 Å². The van der Waals surface area contributed by atoms with Crippen LogP contribution in [0, 0.1) is 5.92 Å². The molecule has 0 spiro atoms. The number of anilines is 1. The molecule has 0 aliphatic carbocycles. The third kappa shape index (κ3) is 4.19. The maximum atomic E-state index is 12.6. The second-order valence-electron chi connectivity index (χ2n) is 7.79. The fourth-order valence-corrected chi connectivity index (χ4v) is 3.27. The highest BCUT2D eigenvalue weighted by atomic mass is 16.5. The van der Waals surface area contributed by atoms with Gasteiger partial charge in [-0.05, 0) is 41.7 Å². The maximum absolute atomic E-state index is 12.6. The molecule has 5 heteroatoms. The molecule has 3 rings (SSSR count). The van der Waals surface area contributed by atoms with Crippen LogP contribution in [0.4, 0.5) is 5.69 Å². The SMILES string of the molecule is CCC(C)(C)c1ccc(OC(=O)[C@@H]2CC(=O)N(c3cccc(OC)c3)C2)cc1. The first-order valence-corrected chi connectivity index (χ1v) is 9.60. The average Bonchev–Trinajstić information content (AvgIpc) is 3.10. The average molecular weight is 381 g/mol. The number of methoxy groups -OCH3 is 1. The number of amides is 1. The monoisotopic (exact) mass is 381 g/mol. The lowest BCUT2D eigenvalue weighted by atomic mass is 9.82. The minimum absolute atomic E-state index is 0.0810. The Morgan fingerprint density at radius 2 is 1.86 bits per heavy atom.